The molecule has 1 fully saturated rings. The van der Waals surface area contributed by atoms with Crippen molar-refractivity contribution in [3.63, 3.8) is 0 Å². The van der Waals surface area contributed by atoms with E-state index in [1.54, 1.807) is 0 Å². The fourth-order valence-electron chi connectivity index (χ4n) is 0.742. The largest absolute Gasteiger partial charge is 1.00 e. The molecule has 0 N–H and O–H groups in total. The Morgan fingerprint density at radius 1 is 1.14 bits per heavy atom. The topological polar surface area (TPSA) is 3.24 Å². The van der Waals surface area contributed by atoms with Crippen LogP contribution in [0.2, 0.25) is 0 Å². The number of nitrogens with zero attached hydrogens (tertiary/aromatic N) is 1. The van der Waals surface area contributed by atoms with E-state index in [9.17, 15) is 0 Å². The summed E-state index contributed by atoms with van der Waals surface area (Å²) in [7, 11) is 5.37. The zero-order valence-electron chi connectivity index (χ0n) is 4.85. The van der Waals surface area contributed by atoms with Crippen LogP contribution in [-0.2, 0) is 0 Å². The maximum atomic E-state index is 5.37. The fourth-order valence-corrected chi connectivity index (χ4v) is 0.742. The van der Waals surface area contributed by atoms with Gasteiger partial charge in [-0.15, -0.1) is 0 Å². The molecule has 0 aromatic carbocycles. The van der Waals surface area contributed by atoms with Gasteiger partial charge in [-0.05, 0) is 25.9 Å². The minimum absolute atomic E-state index is 0. The van der Waals surface area contributed by atoms with Gasteiger partial charge in [-0.1, -0.05) is 0 Å². The van der Waals surface area contributed by atoms with Crippen molar-refractivity contribution in [2.24, 2.45) is 0 Å². The molecule has 3 radical (unpaired) electrons. The van der Waals surface area contributed by atoms with E-state index in [4.69, 9.17) is 7.98 Å². The summed E-state index contributed by atoms with van der Waals surface area (Å²) < 4.78 is 0. The summed E-state index contributed by atoms with van der Waals surface area (Å²) in [4.78, 5) is 1.86. The number of hydrogen-bond acceptors (Lipinski definition) is 1. The molecule has 1 heterocycles. The predicted octanol–water partition coefficient (Wildman–Crippen LogP) is -2.83. The zero-order valence-corrected chi connectivity index (χ0v) is 4.85. The standard InChI is InChI=1S/C4H8BN.Li/c5-6-3-1-2-4-6;/h1-4H2;/q-1;+1. The van der Waals surface area contributed by atoms with Crippen molar-refractivity contribution in [3.05, 3.63) is 0 Å². The van der Waals surface area contributed by atoms with Gasteiger partial charge in [-0.3, -0.25) is 0 Å². The van der Waals surface area contributed by atoms with Crippen molar-refractivity contribution in [1.29, 1.82) is 0 Å². The van der Waals surface area contributed by atoms with E-state index in [1.807, 2.05) is 4.81 Å². The van der Waals surface area contributed by atoms with Gasteiger partial charge in [0, 0.05) is 0 Å². The molecule has 1 aliphatic heterocycles. The molecule has 0 aromatic rings. The second kappa shape index (κ2) is 3.60. The summed E-state index contributed by atoms with van der Waals surface area (Å²) in [5.41, 5.74) is 0. The smallest absolute Gasteiger partial charge is 0.580 e. The molecule has 3 heteroatoms. The molecule has 0 aliphatic carbocycles. The van der Waals surface area contributed by atoms with Crippen LogP contribution in [0, 0.1) is 0 Å². The molecule has 0 amide bonds. The van der Waals surface area contributed by atoms with E-state index in [1.165, 1.54) is 12.8 Å². The van der Waals surface area contributed by atoms with Gasteiger partial charge in [-0.25, -0.2) is 0 Å². The zero-order chi connectivity index (χ0) is 4.41. The van der Waals surface area contributed by atoms with Crippen LogP contribution < -0.4 is 18.9 Å². The van der Waals surface area contributed by atoms with E-state index >= 15 is 0 Å². The Kier molecular flexibility index (Phi) is 3.92. The summed E-state index contributed by atoms with van der Waals surface area (Å²) in [6.45, 7) is 2.19. The van der Waals surface area contributed by atoms with Crippen LogP contribution in [0.1, 0.15) is 12.8 Å². The van der Waals surface area contributed by atoms with Crippen molar-refractivity contribution in [3.8, 4) is 0 Å². The van der Waals surface area contributed by atoms with Gasteiger partial charge >= 0.3 is 18.9 Å². The van der Waals surface area contributed by atoms with Crippen LogP contribution in [0.25, 0.3) is 0 Å². The SMILES string of the molecule is [B-]N1CCCC1.[Li+]. The minimum Gasteiger partial charge on any atom is -0.580 e. The summed E-state index contributed by atoms with van der Waals surface area (Å²) in [6, 6.07) is 0. The van der Waals surface area contributed by atoms with E-state index in [2.05, 4.69) is 0 Å². The molecule has 0 spiro atoms. The fraction of sp³-hybridized carbons (Fsp3) is 1.00. The second-order valence-corrected chi connectivity index (χ2v) is 1.74. The van der Waals surface area contributed by atoms with Crippen LogP contribution in [0.5, 0.6) is 0 Å². The van der Waals surface area contributed by atoms with Gasteiger partial charge in [0.1, 0.15) is 0 Å². The van der Waals surface area contributed by atoms with E-state index in [0.29, 0.717) is 0 Å². The summed E-state index contributed by atoms with van der Waals surface area (Å²) in [5.74, 6) is 0. The summed E-state index contributed by atoms with van der Waals surface area (Å²) in [5, 5.41) is 0. The van der Waals surface area contributed by atoms with E-state index in [0.717, 1.165) is 13.1 Å². The van der Waals surface area contributed by atoms with Gasteiger partial charge in [0.05, 0.1) is 0 Å². The molecule has 1 saturated heterocycles. The molecule has 1 rings (SSSR count). The average molecular weight is 87.9 g/mol. The number of rotatable bonds is 0. The third-order valence-corrected chi connectivity index (χ3v) is 1.14. The molecule has 0 unspecified atom stereocenters. The second-order valence-electron chi connectivity index (χ2n) is 1.74. The van der Waals surface area contributed by atoms with Gasteiger partial charge in [0.25, 0.3) is 0 Å². The van der Waals surface area contributed by atoms with Crippen LogP contribution in [0.3, 0.4) is 0 Å². The molecule has 1 aliphatic rings. The summed E-state index contributed by atoms with van der Waals surface area (Å²) >= 11 is 0. The molecule has 33 valence electrons. The molecule has 7 heavy (non-hydrogen) atoms. The van der Waals surface area contributed by atoms with Gasteiger partial charge in [-0.2, -0.15) is 0 Å². The monoisotopic (exact) mass is 88.1 g/mol. The van der Waals surface area contributed by atoms with Crippen molar-refractivity contribution < 1.29 is 18.9 Å². The first-order chi connectivity index (χ1) is 2.89. The molecular formula is C4H8BLiN. The van der Waals surface area contributed by atoms with Crippen molar-refractivity contribution in [1.82, 2.24) is 4.81 Å². The molecule has 0 aromatic heterocycles. The predicted molar refractivity (Wildman–Crippen MR) is 26.6 cm³/mol. The van der Waals surface area contributed by atoms with E-state index in [-0.39, 0.29) is 18.9 Å². The Morgan fingerprint density at radius 3 is 1.71 bits per heavy atom. The third-order valence-electron chi connectivity index (χ3n) is 1.14. The Bertz CT molecular complexity index is 45.0. The first-order valence-electron chi connectivity index (χ1n) is 2.39. The Hall–Kier alpha value is 0.622. The van der Waals surface area contributed by atoms with Gasteiger partial charge < -0.3 is 12.8 Å². The first-order valence-corrected chi connectivity index (χ1v) is 2.39. The van der Waals surface area contributed by atoms with Crippen molar-refractivity contribution in [2.45, 2.75) is 12.8 Å². The maximum Gasteiger partial charge on any atom is 1.00 e. The van der Waals surface area contributed by atoms with Gasteiger partial charge in [0.15, 0.2) is 0 Å². The minimum atomic E-state index is 0. The normalized spacial score (nSPS) is 21.9. The Balaban J connectivity index is 0.000000360. The molecule has 0 atom stereocenters. The van der Waals surface area contributed by atoms with Crippen LogP contribution >= 0.6 is 0 Å². The number of hydrogen-bond donors (Lipinski definition) is 0. The van der Waals surface area contributed by atoms with Crippen molar-refractivity contribution >= 4 is 7.98 Å². The quantitative estimate of drug-likeness (QED) is 0.288. The average Bonchev–Trinajstić information content (AvgIpc) is 1.86. The van der Waals surface area contributed by atoms with Gasteiger partial charge in [0.2, 0.25) is 0 Å². The van der Waals surface area contributed by atoms with E-state index < -0.39 is 0 Å². The van der Waals surface area contributed by atoms with Crippen molar-refractivity contribution in [2.75, 3.05) is 13.1 Å². The summed E-state index contributed by atoms with van der Waals surface area (Å²) in [6.07, 6.45) is 2.58. The maximum absolute atomic E-state index is 5.37. The molecular weight excluding hydrogens is 79.8 g/mol. The Labute approximate surface area is 58.1 Å². The van der Waals surface area contributed by atoms with Crippen LogP contribution in [0.15, 0.2) is 0 Å². The molecule has 0 bridgehead atoms. The Morgan fingerprint density at radius 2 is 1.57 bits per heavy atom. The molecule has 1 nitrogen and oxygen atoms in total. The molecule has 0 saturated carbocycles. The first kappa shape index (κ1) is 7.62. The third kappa shape index (κ3) is 2.44. The van der Waals surface area contributed by atoms with Crippen LogP contribution in [0.4, 0.5) is 0 Å². The van der Waals surface area contributed by atoms with Crippen LogP contribution in [-0.4, -0.2) is 25.9 Å².